The molecule has 8 heteroatoms. The number of imide groups is 1. The molecule has 0 aromatic carbocycles. The van der Waals surface area contributed by atoms with Gasteiger partial charge >= 0.3 is 12.0 Å². The van der Waals surface area contributed by atoms with Gasteiger partial charge in [0.05, 0.1) is 11.3 Å². The molecule has 0 atom stereocenters. The Bertz CT molecular complexity index is 610. The summed E-state index contributed by atoms with van der Waals surface area (Å²) in [5.41, 5.74) is 0. The number of carbonyl (C=O) groups is 4. The number of hydrogen-bond donors (Lipinski definition) is 1. The number of carbonyl (C=O) groups excluding carboxylic acids is 4. The Morgan fingerprint density at radius 2 is 2.09 bits per heavy atom. The highest BCUT2D eigenvalue weighted by Crippen LogP contribution is 2.17. The van der Waals surface area contributed by atoms with Crippen LogP contribution in [0.4, 0.5) is 4.79 Å². The van der Waals surface area contributed by atoms with Crippen LogP contribution in [0.1, 0.15) is 27.4 Å². The first-order valence-corrected chi connectivity index (χ1v) is 7.62. The Balaban J connectivity index is 1.70. The maximum Gasteiger partial charge on any atom is 0.324 e. The monoisotopic (exact) mass is 324 g/mol. The minimum Gasteiger partial charge on any atom is -0.456 e. The van der Waals surface area contributed by atoms with Gasteiger partial charge in [-0.2, -0.15) is 0 Å². The lowest BCUT2D eigenvalue weighted by atomic mass is 10.2. The van der Waals surface area contributed by atoms with E-state index in [1.165, 1.54) is 11.3 Å². The fraction of sp³-hybridized carbons (Fsp3) is 0.429. The Kier molecular flexibility index (Phi) is 5.26. The topological polar surface area (TPSA) is 92.8 Å². The van der Waals surface area contributed by atoms with Crippen LogP contribution in [0.15, 0.2) is 12.1 Å². The average Bonchev–Trinajstić information content (AvgIpc) is 3.10. The molecule has 0 saturated carbocycles. The summed E-state index contributed by atoms with van der Waals surface area (Å²) < 4.78 is 4.80. The Hall–Kier alpha value is -2.22. The predicted octanol–water partition coefficient (Wildman–Crippen LogP) is 1.11. The van der Waals surface area contributed by atoms with E-state index in [9.17, 15) is 19.2 Å². The number of hydrogen-bond acceptors (Lipinski definition) is 6. The van der Waals surface area contributed by atoms with Gasteiger partial charge in [0.25, 0.3) is 5.91 Å². The molecule has 1 aliphatic heterocycles. The minimum atomic E-state index is -0.630. The molecule has 2 rings (SSSR count). The number of ketones is 1. The van der Waals surface area contributed by atoms with Gasteiger partial charge in [-0.05, 0) is 19.1 Å². The van der Waals surface area contributed by atoms with E-state index in [4.69, 9.17) is 4.74 Å². The van der Waals surface area contributed by atoms with Gasteiger partial charge in [-0.3, -0.25) is 19.3 Å². The second kappa shape index (κ2) is 7.17. The number of rotatable bonds is 6. The molecule has 0 radical (unpaired) electrons. The van der Waals surface area contributed by atoms with Crippen molar-refractivity contribution in [2.75, 3.05) is 19.7 Å². The summed E-state index contributed by atoms with van der Waals surface area (Å²) in [6, 6.07) is 3.09. The normalized spacial score (nSPS) is 13.9. The van der Waals surface area contributed by atoms with Crippen LogP contribution in [0.5, 0.6) is 0 Å². The summed E-state index contributed by atoms with van der Waals surface area (Å²) in [6.07, 6.45) is -0.0492. The molecule has 22 heavy (non-hydrogen) atoms. The first kappa shape index (κ1) is 16.2. The third kappa shape index (κ3) is 4.14. The van der Waals surface area contributed by atoms with E-state index in [1.54, 1.807) is 6.07 Å². The van der Waals surface area contributed by atoms with Crippen LogP contribution in [-0.4, -0.2) is 48.3 Å². The number of aryl methyl sites for hydroxylation is 1. The van der Waals surface area contributed by atoms with Crippen LogP contribution in [0.25, 0.3) is 0 Å². The average molecular weight is 324 g/mol. The van der Waals surface area contributed by atoms with Crippen molar-refractivity contribution in [2.45, 2.75) is 19.8 Å². The quantitative estimate of drug-likeness (QED) is 0.625. The molecule has 1 fully saturated rings. The van der Waals surface area contributed by atoms with Crippen molar-refractivity contribution in [3.63, 3.8) is 0 Å². The standard InChI is InChI=1S/C14H16N2O5S/c1-9-2-4-11(22-9)10(17)3-5-13(19)21-8-12(18)16-7-6-15-14(16)20/h2,4H,3,5-8H2,1H3,(H,15,20). The summed E-state index contributed by atoms with van der Waals surface area (Å²) in [5.74, 6) is -1.32. The molecule has 1 aromatic rings. The van der Waals surface area contributed by atoms with Gasteiger partial charge in [0.2, 0.25) is 0 Å². The lowest BCUT2D eigenvalue weighted by Crippen LogP contribution is -2.37. The molecule has 1 saturated heterocycles. The van der Waals surface area contributed by atoms with Gasteiger partial charge in [0, 0.05) is 24.4 Å². The first-order chi connectivity index (χ1) is 10.5. The van der Waals surface area contributed by atoms with Gasteiger partial charge in [-0.15, -0.1) is 11.3 Å². The number of ether oxygens (including phenoxy) is 1. The maximum atomic E-state index is 11.8. The number of thiophene rings is 1. The van der Waals surface area contributed by atoms with Crippen molar-refractivity contribution in [2.24, 2.45) is 0 Å². The largest absolute Gasteiger partial charge is 0.456 e. The van der Waals surface area contributed by atoms with Crippen molar-refractivity contribution < 1.29 is 23.9 Å². The molecule has 1 aromatic heterocycles. The Labute approximate surface area is 131 Å². The molecular weight excluding hydrogens is 308 g/mol. The molecular formula is C14H16N2O5S. The van der Waals surface area contributed by atoms with Gasteiger partial charge in [-0.1, -0.05) is 0 Å². The van der Waals surface area contributed by atoms with E-state index < -0.39 is 24.5 Å². The smallest absolute Gasteiger partial charge is 0.324 e. The van der Waals surface area contributed by atoms with E-state index in [0.717, 1.165) is 9.78 Å². The fourth-order valence-corrected chi connectivity index (χ4v) is 2.76. The molecule has 3 amide bonds. The molecule has 7 nitrogen and oxygen atoms in total. The molecule has 0 bridgehead atoms. The molecule has 0 aliphatic carbocycles. The fourth-order valence-electron chi connectivity index (χ4n) is 1.93. The molecule has 1 N–H and O–H groups in total. The maximum absolute atomic E-state index is 11.8. The SMILES string of the molecule is Cc1ccc(C(=O)CCC(=O)OCC(=O)N2CCNC2=O)s1. The van der Waals surface area contributed by atoms with Crippen molar-refractivity contribution in [3.05, 3.63) is 21.9 Å². The Morgan fingerprint density at radius 3 is 2.68 bits per heavy atom. The zero-order chi connectivity index (χ0) is 16.1. The summed E-state index contributed by atoms with van der Waals surface area (Å²) in [4.78, 5) is 48.9. The number of amides is 3. The second-order valence-corrected chi connectivity index (χ2v) is 6.06. The molecule has 2 heterocycles. The number of esters is 1. The van der Waals surface area contributed by atoms with E-state index in [-0.39, 0.29) is 25.2 Å². The molecule has 0 spiro atoms. The molecule has 1 aliphatic rings. The van der Waals surface area contributed by atoms with E-state index in [1.807, 2.05) is 13.0 Å². The van der Waals surface area contributed by atoms with Crippen LogP contribution in [0.2, 0.25) is 0 Å². The lowest BCUT2D eigenvalue weighted by molar-refractivity contribution is -0.150. The number of Topliss-reactive ketones (excluding diaryl/α,β-unsaturated/α-hetero) is 1. The van der Waals surface area contributed by atoms with E-state index >= 15 is 0 Å². The zero-order valence-corrected chi connectivity index (χ0v) is 12.9. The van der Waals surface area contributed by atoms with Crippen LogP contribution in [-0.2, 0) is 14.3 Å². The number of nitrogens with one attached hydrogen (secondary N) is 1. The van der Waals surface area contributed by atoms with Crippen molar-refractivity contribution in [1.29, 1.82) is 0 Å². The number of urea groups is 1. The van der Waals surface area contributed by atoms with E-state index in [0.29, 0.717) is 11.4 Å². The zero-order valence-electron chi connectivity index (χ0n) is 12.1. The van der Waals surface area contributed by atoms with Gasteiger partial charge in [0.15, 0.2) is 12.4 Å². The van der Waals surface area contributed by atoms with Crippen molar-refractivity contribution >= 4 is 35.0 Å². The summed E-state index contributed by atoms with van der Waals surface area (Å²) in [7, 11) is 0. The summed E-state index contributed by atoms with van der Waals surface area (Å²) in [5, 5.41) is 2.48. The van der Waals surface area contributed by atoms with Crippen LogP contribution in [0.3, 0.4) is 0 Å². The second-order valence-electron chi connectivity index (χ2n) is 4.77. The third-order valence-corrected chi connectivity index (χ3v) is 4.13. The molecule has 118 valence electrons. The minimum absolute atomic E-state index is 0.0389. The Morgan fingerprint density at radius 1 is 1.32 bits per heavy atom. The summed E-state index contributed by atoms with van der Waals surface area (Å²) >= 11 is 1.38. The third-order valence-electron chi connectivity index (χ3n) is 3.09. The highest BCUT2D eigenvalue weighted by Gasteiger charge is 2.26. The molecule has 0 unspecified atom stereocenters. The first-order valence-electron chi connectivity index (χ1n) is 6.81. The van der Waals surface area contributed by atoms with E-state index in [2.05, 4.69) is 5.32 Å². The highest BCUT2D eigenvalue weighted by atomic mass is 32.1. The van der Waals surface area contributed by atoms with Crippen molar-refractivity contribution in [3.8, 4) is 0 Å². The van der Waals surface area contributed by atoms with Crippen molar-refractivity contribution in [1.82, 2.24) is 10.2 Å². The van der Waals surface area contributed by atoms with Crippen LogP contribution >= 0.6 is 11.3 Å². The van der Waals surface area contributed by atoms with Crippen LogP contribution < -0.4 is 5.32 Å². The van der Waals surface area contributed by atoms with Gasteiger partial charge in [0.1, 0.15) is 0 Å². The summed E-state index contributed by atoms with van der Waals surface area (Å²) in [6.45, 7) is 2.08. The number of nitrogens with zero attached hydrogens (tertiary/aromatic N) is 1. The predicted molar refractivity (Wildman–Crippen MR) is 78.7 cm³/mol. The highest BCUT2D eigenvalue weighted by molar-refractivity contribution is 7.14. The lowest BCUT2D eigenvalue weighted by Gasteiger charge is -2.11. The van der Waals surface area contributed by atoms with Crippen LogP contribution in [0, 0.1) is 6.92 Å². The van der Waals surface area contributed by atoms with Gasteiger partial charge < -0.3 is 10.1 Å². The van der Waals surface area contributed by atoms with Gasteiger partial charge in [-0.25, -0.2) is 4.79 Å².